The van der Waals surface area contributed by atoms with Crippen molar-refractivity contribution in [3.8, 4) is 73.2 Å². The van der Waals surface area contributed by atoms with E-state index in [0.717, 1.165) is 66.6 Å². The van der Waals surface area contributed by atoms with Crippen LogP contribution in [0, 0.1) is 0 Å². The molecule has 5 nitrogen and oxygen atoms in total. The Morgan fingerprint density at radius 3 is 1.60 bits per heavy atom. The van der Waals surface area contributed by atoms with Gasteiger partial charge in [-0.05, 0) is 76.3 Å². The Kier molecular flexibility index (Phi) is 8.42. The van der Waals surface area contributed by atoms with Crippen molar-refractivity contribution in [2.75, 3.05) is 0 Å². The smallest absolute Gasteiger partial charge is 0.164 e. The van der Waals surface area contributed by atoms with Crippen LogP contribution in [0.5, 0.6) is 0 Å². The highest BCUT2D eigenvalue weighted by molar-refractivity contribution is 6.15. The van der Waals surface area contributed by atoms with Crippen molar-refractivity contribution in [3.63, 3.8) is 0 Å². The number of hydrogen-bond donors (Lipinski definition) is 0. The Bertz CT molecular complexity index is 3630. The number of nitrogens with zero attached hydrogens (tertiary/aromatic N) is 4. The van der Waals surface area contributed by atoms with E-state index in [9.17, 15) is 0 Å². The predicted molar refractivity (Wildman–Crippen MR) is 254 cm³/mol. The summed E-state index contributed by atoms with van der Waals surface area (Å²) in [6.07, 6.45) is 0. The molecule has 62 heavy (non-hydrogen) atoms. The van der Waals surface area contributed by atoms with Crippen molar-refractivity contribution in [3.05, 3.63) is 218 Å². The molecule has 290 valence electrons. The van der Waals surface area contributed by atoms with Crippen molar-refractivity contribution in [2.24, 2.45) is 0 Å². The number of furan rings is 1. The summed E-state index contributed by atoms with van der Waals surface area (Å²) in [6, 6.07) is 76.5. The third-order valence-corrected chi connectivity index (χ3v) is 11.8. The average Bonchev–Trinajstić information content (AvgIpc) is 3.91. The first kappa shape index (κ1) is 35.5. The lowest BCUT2D eigenvalue weighted by Gasteiger charge is -2.12. The number of hydrogen-bond acceptors (Lipinski definition) is 4. The first-order valence-corrected chi connectivity index (χ1v) is 20.8. The van der Waals surface area contributed by atoms with Crippen LogP contribution in [0.3, 0.4) is 0 Å². The Morgan fingerprint density at radius 2 is 0.839 bits per heavy atom. The van der Waals surface area contributed by atoms with Gasteiger partial charge in [-0.15, -0.1) is 0 Å². The van der Waals surface area contributed by atoms with Crippen molar-refractivity contribution < 1.29 is 4.42 Å². The number of para-hydroxylation sites is 3. The SMILES string of the molecule is c1ccc(-c2nc(-c3cccc(-c4cccc(-c5ccc6c(c5)c5cccc(-c7ccccc7)c5n6-c5ccccc5)c4)c3)nc(-c3cccc4oc5ccccc5c34)n2)cc1. The summed E-state index contributed by atoms with van der Waals surface area (Å²) in [5, 5.41) is 4.45. The molecule has 0 unspecified atom stereocenters. The van der Waals surface area contributed by atoms with E-state index in [-0.39, 0.29) is 0 Å². The molecular formula is C57H36N4O. The maximum absolute atomic E-state index is 6.26. The molecule has 0 bridgehead atoms. The zero-order valence-electron chi connectivity index (χ0n) is 33.5. The lowest BCUT2D eigenvalue weighted by atomic mass is 9.96. The number of aromatic nitrogens is 4. The first-order chi connectivity index (χ1) is 30.7. The summed E-state index contributed by atoms with van der Waals surface area (Å²) in [5.74, 6) is 1.81. The zero-order valence-corrected chi connectivity index (χ0v) is 33.5. The molecule has 0 saturated heterocycles. The molecule has 0 aliphatic rings. The zero-order chi connectivity index (χ0) is 41.0. The molecule has 0 amide bonds. The molecule has 0 atom stereocenters. The highest BCUT2D eigenvalue weighted by Crippen LogP contribution is 2.41. The highest BCUT2D eigenvalue weighted by Gasteiger charge is 2.20. The molecule has 0 aliphatic heterocycles. The van der Waals surface area contributed by atoms with Gasteiger partial charge in [0.05, 0.1) is 11.0 Å². The van der Waals surface area contributed by atoms with Gasteiger partial charge < -0.3 is 8.98 Å². The minimum Gasteiger partial charge on any atom is -0.456 e. The van der Waals surface area contributed by atoms with E-state index in [4.69, 9.17) is 19.4 Å². The van der Waals surface area contributed by atoms with Crippen molar-refractivity contribution in [1.29, 1.82) is 0 Å². The summed E-state index contributed by atoms with van der Waals surface area (Å²) in [4.78, 5) is 15.3. The summed E-state index contributed by atoms with van der Waals surface area (Å²) in [6.45, 7) is 0. The van der Waals surface area contributed by atoms with Gasteiger partial charge in [0.25, 0.3) is 0 Å². The van der Waals surface area contributed by atoms with Gasteiger partial charge >= 0.3 is 0 Å². The fraction of sp³-hybridized carbons (Fsp3) is 0. The monoisotopic (exact) mass is 792 g/mol. The molecule has 3 aromatic heterocycles. The van der Waals surface area contributed by atoms with Gasteiger partial charge in [0.2, 0.25) is 0 Å². The second kappa shape index (κ2) is 14.7. The van der Waals surface area contributed by atoms with Crippen LogP contribution < -0.4 is 0 Å². The van der Waals surface area contributed by atoms with E-state index < -0.39 is 0 Å². The summed E-state index contributed by atoms with van der Waals surface area (Å²) >= 11 is 0. The van der Waals surface area contributed by atoms with Gasteiger partial charge in [0, 0.05) is 49.5 Å². The fourth-order valence-corrected chi connectivity index (χ4v) is 8.96. The highest BCUT2D eigenvalue weighted by atomic mass is 16.3. The molecule has 12 aromatic rings. The van der Waals surface area contributed by atoms with Crippen LogP contribution in [-0.4, -0.2) is 19.5 Å². The van der Waals surface area contributed by atoms with Crippen LogP contribution in [-0.2, 0) is 0 Å². The van der Waals surface area contributed by atoms with Crippen LogP contribution in [0.2, 0.25) is 0 Å². The molecule has 0 spiro atoms. The Balaban J connectivity index is 0.970. The van der Waals surface area contributed by atoms with Crippen molar-refractivity contribution >= 4 is 43.7 Å². The lowest BCUT2D eigenvalue weighted by molar-refractivity contribution is 0.669. The number of rotatable bonds is 7. The minimum atomic E-state index is 0.596. The van der Waals surface area contributed by atoms with E-state index in [2.05, 4.69) is 162 Å². The van der Waals surface area contributed by atoms with E-state index in [1.165, 1.54) is 32.9 Å². The molecular weight excluding hydrogens is 757 g/mol. The number of fused-ring (bicyclic) bond motifs is 6. The molecule has 0 radical (unpaired) electrons. The van der Waals surface area contributed by atoms with Crippen LogP contribution in [0.4, 0.5) is 0 Å². The van der Waals surface area contributed by atoms with E-state index in [1.54, 1.807) is 0 Å². The summed E-state index contributed by atoms with van der Waals surface area (Å²) in [7, 11) is 0. The van der Waals surface area contributed by atoms with Crippen LogP contribution in [0.1, 0.15) is 0 Å². The molecule has 3 heterocycles. The fourth-order valence-electron chi connectivity index (χ4n) is 8.96. The van der Waals surface area contributed by atoms with E-state index in [1.807, 2.05) is 60.7 Å². The second-order valence-corrected chi connectivity index (χ2v) is 15.6. The largest absolute Gasteiger partial charge is 0.456 e. The van der Waals surface area contributed by atoms with Crippen LogP contribution in [0.15, 0.2) is 223 Å². The normalized spacial score (nSPS) is 11.5. The Hall–Kier alpha value is -8.41. The van der Waals surface area contributed by atoms with Gasteiger partial charge in [-0.2, -0.15) is 0 Å². The Morgan fingerprint density at radius 1 is 0.323 bits per heavy atom. The third kappa shape index (κ3) is 6.06. The minimum absolute atomic E-state index is 0.596. The van der Waals surface area contributed by atoms with Gasteiger partial charge in [-0.1, -0.05) is 170 Å². The molecule has 12 rings (SSSR count). The summed E-state index contributed by atoms with van der Waals surface area (Å²) in [5.41, 5.74) is 14.8. The van der Waals surface area contributed by atoms with Crippen molar-refractivity contribution in [2.45, 2.75) is 0 Å². The first-order valence-electron chi connectivity index (χ1n) is 20.8. The molecule has 5 heteroatoms. The van der Waals surface area contributed by atoms with E-state index >= 15 is 0 Å². The third-order valence-electron chi connectivity index (χ3n) is 11.8. The van der Waals surface area contributed by atoms with Gasteiger partial charge in [-0.3, -0.25) is 0 Å². The molecule has 0 fully saturated rings. The quantitative estimate of drug-likeness (QED) is 0.161. The van der Waals surface area contributed by atoms with E-state index in [0.29, 0.717) is 17.5 Å². The maximum Gasteiger partial charge on any atom is 0.164 e. The second-order valence-electron chi connectivity index (χ2n) is 15.6. The number of benzene rings is 9. The predicted octanol–water partition coefficient (Wildman–Crippen LogP) is 14.9. The maximum atomic E-state index is 6.26. The average molecular weight is 793 g/mol. The van der Waals surface area contributed by atoms with Gasteiger partial charge in [-0.25, -0.2) is 15.0 Å². The molecule has 9 aromatic carbocycles. The Labute approximate surface area is 357 Å². The summed E-state index contributed by atoms with van der Waals surface area (Å²) < 4.78 is 8.67. The van der Waals surface area contributed by atoms with Gasteiger partial charge in [0.1, 0.15) is 11.2 Å². The van der Waals surface area contributed by atoms with Gasteiger partial charge in [0.15, 0.2) is 17.5 Å². The molecule has 0 aliphatic carbocycles. The lowest BCUT2D eigenvalue weighted by Crippen LogP contribution is -2.00. The van der Waals surface area contributed by atoms with Crippen LogP contribution in [0.25, 0.3) is 117 Å². The standard InChI is InChI=1S/C57H36N4O/c1-4-16-37(17-5-1)45-27-14-28-46-49-36-42(32-33-50(49)61(54(45)46)44-24-8-3-9-25-44)40-21-12-20-39(34-40)41-22-13-23-43(35-41)56-58-55(38-18-6-2-7-19-38)59-57(60-56)48-29-15-31-52-53(48)47-26-10-11-30-51(47)62-52/h1-36H. The van der Waals surface area contributed by atoms with Crippen molar-refractivity contribution in [1.82, 2.24) is 19.5 Å². The molecule has 0 saturated carbocycles. The topological polar surface area (TPSA) is 56.7 Å². The van der Waals surface area contributed by atoms with Crippen LogP contribution >= 0.6 is 0 Å². The molecule has 0 N–H and O–H groups in total.